The summed E-state index contributed by atoms with van der Waals surface area (Å²) in [7, 11) is 0. The lowest BCUT2D eigenvalue weighted by Crippen LogP contribution is -2.29. The number of halogens is 2. The molecule has 0 bridgehead atoms. The molecule has 3 heteroatoms. The van der Waals surface area contributed by atoms with Crippen LogP contribution in [0.4, 0.5) is 4.39 Å². The van der Waals surface area contributed by atoms with Gasteiger partial charge in [0.1, 0.15) is 5.82 Å². The van der Waals surface area contributed by atoms with E-state index in [4.69, 9.17) is 0 Å². The second-order valence-corrected chi connectivity index (χ2v) is 6.72. The maximum Gasteiger partial charge on any atom is 0.127 e. The minimum Gasteiger partial charge on any atom is -0.385 e. The van der Waals surface area contributed by atoms with Gasteiger partial charge in [0, 0.05) is 10.9 Å². The minimum atomic E-state index is -0.970. The van der Waals surface area contributed by atoms with Gasteiger partial charge < -0.3 is 5.11 Å². The Morgan fingerprint density at radius 1 is 1.14 bits per heavy atom. The second kappa shape index (κ2) is 5.90. The van der Waals surface area contributed by atoms with Crippen molar-refractivity contribution in [2.24, 2.45) is 0 Å². The van der Waals surface area contributed by atoms with Gasteiger partial charge in [0.2, 0.25) is 0 Å². The molecule has 0 heterocycles. The SMILES string of the molecule is OC1(Cc2ccc(Br)cc2F)CCCCc2ccccc21. The topological polar surface area (TPSA) is 20.2 Å². The van der Waals surface area contributed by atoms with E-state index in [1.807, 2.05) is 24.3 Å². The zero-order valence-corrected chi connectivity index (χ0v) is 13.4. The first-order chi connectivity index (χ1) is 10.1. The molecule has 1 unspecified atom stereocenters. The van der Waals surface area contributed by atoms with Crippen LogP contribution < -0.4 is 0 Å². The molecule has 3 rings (SSSR count). The monoisotopic (exact) mass is 348 g/mol. The number of aliphatic hydroxyl groups is 1. The van der Waals surface area contributed by atoms with Gasteiger partial charge in [-0.1, -0.05) is 46.3 Å². The van der Waals surface area contributed by atoms with E-state index in [1.54, 1.807) is 6.07 Å². The van der Waals surface area contributed by atoms with Crippen LogP contribution in [0.25, 0.3) is 0 Å². The van der Waals surface area contributed by atoms with Gasteiger partial charge in [-0.3, -0.25) is 0 Å². The molecule has 2 aromatic rings. The largest absolute Gasteiger partial charge is 0.385 e. The van der Waals surface area contributed by atoms with Gasteiger partial charge >= 0.3 is 0 Å². The Hall–Kier alpha value is -1.19. The van der Waals surface area contributed by atoms with Gasteiger partial charge in [-0.05, 0) is 54.5 Å². The van der Waals surface area contributed by atoms with E-state index >= 15 is 0 Å². The van der Waals surface area contributed by atoms with Gasteiger partial charge in [-0.15, -0.1) is 0 Å². The van der Waals surface area contributed by atoms with E-state index < -0.39 is 5.60 Å². The fraction of sp³-hybridized carbons (Fsp3) is 0.333. The summed E-state index contributed by atoms with van der Waals surface area (Å²) in [6, 6.07) is 13.1. The van der Waals surface area contributed by atoms with Crippen molar-refractivity contribution < 1.29 is 9.50 Å². The normalized spacial score (nSPS) is 21.7. The first-order valence-electron chi connectivity index (χ1n) is 7.33. The average molecular weight is 349 g/mol. The average Bonchev–Trinajstić information content (AvgIpc) is 2.63. The molecule has 1 atom stereocenters. The zero-order chi connectivity index (χ0) is 14.9. The van der Waals surface area contributed by atoms with Crippen molar-refractivity contribution in [2.75, 3.05) is 0 Å². The third-order valence-electron chi connectivity index (χ3n) is 4.30. The molecule has 0 fully saturated rings. The summed E-state index contributed by atoms with van der Waals surface area (Å²) in [5, 5.41) is 11.2. The van der Waals surface area contributed by atoms with Crippen molar-refractivity contribution >= 4 is 15.9 Å². The van der Waals surface area contributed by atoms with Crippen LogP contribution in [0.2, 0.25) is 0 Å². The Morgan fingerprint density at radius 3 is 2.76 bits per heavy atom. The summed E-state index contributed by atoms with van der Waals surface area (Å²) in [6.45, 7) is 0. The maximum atomic E-state index is 14.1. The molecule has 0 saturated carbocycles. The summed E-state index contributed by atoms with van der Waals surface area (Å²) >= 11 is 3.27. The molecule has 0 aliphatic heterocycles. The van der Waals surface area contributed by atoms with Gasteiger partial charge in [-0.25, -0.2) is 4.39 Å². The van der Waals surface area contributed by atoms with E-state index in [2.05, 4.69) is 22.0 Å². The summed E-state index contributed by atoms with van der Waals surface area (Å²) in [5.41, 5.74) is 1.75. The van der Waals surface area contributed by atoms with Crippen LogP contribution in [-0.2, 0) is 18.4 Å². The predicted molar refractivity (Wildman–Crippen MR) is 85.7 cm³/mol. The quantitative estimate of drug-likeness (QED) is 0.776. The number of hydrogen-bond donors (Lipinski definition) is 1. The highest BCUT2D eigenvalue weighted by Crippen LogP contribution is 2.37. The van der Waals surface area contributed by atoms with Crippen LogP contribution in [0.5, 0.6) is 0 Å². The van der Waals surface area contributed by atoms with Crippen molar-refractivity contribution in [2.45, 2.75) is 37.7 Å². The number of benzene rings is 2. The van der Waals surface area contributed by atoms with E-state index in [0.29, 0.717) is 18.4 Å². The smallest absolute Gasteiger partial charge is 0.127 e. The van der Waals surface area contributed by atoms with E-state index in [1.165, 1.54) is 11.6 Å². The molecule has 1 N–H and O–H groups in total. The highest BCUT2D eigenvalue weighted by atomic mass is 79.9. The summed E-state index contributed by atoms with van der Waals surface area (Å²) in [4.78, 5) is 0. The van der Waals surface area contributed by atoms with Crippen LogP contribution >= 0.6 is 15.9 Å². The fourth-order valence-electron chi connectivity index (χ4n) is 3.22. The molecule has 2 aromatic carbocycles. The lowest BCUT2D eigenvalue weighted by atomic mass is 9.82. The Labute approximate surface area is 132 Å². The molecule has 1 nitrogen and oxygen atoms in total. The molecule has 0 saturated heterocycles. The third-order valence-corrected chi connectivity index (χ3v) is 4.80. The zero-order valence-electron chi connectivity index (χ0n) is 11.8. The minimum absolute atomic E-state index is 0.264. The van der Waals surface area contributed by atoms with Gasteiger partial charge in [0.15, 0.2) is 0 Å². The number of hydrogen-bond acceptors (Lipinski definition) is 1. The first-order valence-corrected chi connectivity index (χ1v) is 8.12. The Bertz CT molecular complexity index is 655. The molecule has 0 amide bonds. The van der Waals surface area contributed by atoms with Crippen LogP contribution in [0.1, 0.15) is 36.0 Å². The Morgan fingerprint density at radius 2 is 1.95 bits per heavy atom. The maximum absolute atomic E-state index is 14.1. The third kappa shape index (κ3) is 3.04. The fourth-order valence-corrected chi connectivity index (χ4v) is 3.56. The van der Waals surface area contributed by atoms with Crippen LogP contribution in [0.15, 0.2) is 46.9 Å². The molecular weight excluding hydrogens is 331 g/mol. The van der Waals surface area contributed by atoms with Crippen molar-refractivity contribution in [1.82, 2.24) is 0 Å². The molecule has 0 aromatic heterocycles. The lowest BCUT2D eigenvalue weighted by molar-refractivity contribution is 0.0264. The number of aryl methyl sites for hydroxylation is 1. The molecule has 1 aliphatic rings. The van der Waals surface area contributed by atoms with Crippen LogP contribution in [-0.4, -0.2) is 5.11 Å². The highest BCUT2D eigenvalue weighted by Gasteiger charge is 2.33. The highest BCUT2D eigenvalue weighted by molar-refractivity contribution is 9.10. The second-order valence-electron chi connectivity index (χ2n) is 5.81. The molecule has 110 valence electrons. The van der Waals surface area contributed by atoms with Crippen LogP contribution in [0, 0.1) is 5.82 Å². The number of fused-ring (bicyclic) bond motifs is 1. The lowest BCUT2D eigenvalue weighted by Gasteiger charge is -2.29. The number of rotatable bonds is 2. The Kier molecular flexibility index (Phi) is 4.14. The van der Waals surface area contributed by atoms with Crippen molar-refractivity contribution in [3.63, 3.8) is 0 Å². The van der Waals surface area contributed by atoms with Crippen molar-refractivity contribution in [3.05, 3.63) is 69.4 Å². The predicted octanol–water partition coefficient (Wildman–Crippen LogP) is 4.74. The molecule has 0 radical (unpaired) electrons. The van der Waals surface area contributed by atoms with Gasteiger partial charge in [-0.2, -0.15) is 0 Å². The standard InChI is InChI=1S/C18H18BrFO/c19-15-9-8-14(17(20)11-15)12-18(21)10-4-3-6-13-5-1-2-7-16(13)18/h1-2,5,7-9,11,21H,3-4,6,10,12H2. The van der Waals surface area contributed by atoms with E-state index in [-0.39, 0.29) is 5.82 Å². The molecule has 0 spiro atoms. The first kappa shape index (κ1) is 14.7. The van der Waals surface area contributed by atoms with Gasteiger partial charge in [0.05, 0.1) is 5.60 Å². The van der Waals surface area contributed by atoms with Gasteiger partial charge in [0.25, 0.3) is 0 Å². The van der Waals surface area contributed by atoms with E-state index in [9.17, 15) is 9.50 Å². The molecular formula is C18H18BrFO. The molecule has 21 heavy (non-hydrogen) atoms. The summed E-state index contributed by atoms with van der Waals surface area (Å²) < 4.78 is 14.8. The summed E-state index contributed by atoms with van der Waals surface area (Å²) in [6.07, 6.45) is 4.02. The van der Waals surface area contributed by atoms with Crippen LogP contribution in [0.3, 0.4) is 0 Å². The summed E-state index contributed by atoms with van der Waals surface area (Å²) in [5.74, 6) is -0.264. The Balaban J connectivity index is 2.00. The van der Waals surface area contributed by atoms with Crippen molar-refractivity contribution in [3.8, 4) is 0 Å². The molecule has 1 aliphatic carbocycles. The van der Waals surface area contributed by atoms with E-state index in [0.717, 1.165) is 29.3 Å². The van der Waals surface area contributed by atoms with Crippen molar-refractivity contribution in [1.29, 1.82) is 0 Å².